The summed E-state index contributed by atoms with van der Waals surface area (Å²) in [4.78, 5) is 0. The minimum absolute atomic E-state index is 0. The molecule has 0 bridgehead atoms. The van der Waals surface area contributed by atoms with Gasteiger partial charge in [-0.2, -0.15) is 0 Å². The number of methoxy groups -OCH3 is 1. The molecule has 4 rings (SSSR count). The van der Waals surface area contributed by atoms with Crippen molar-refractivity contribution in [1.82, 2.24) is 0 Å². The Morgan fingerprint density at radius 3 is 1.20 bits per heavy atom. The second kappa shape index (κ2) is 25.2. The Balaban J connectivity index is 0.00000620. The number of ether oxygens (including phenoxy) is 10. The molecule has 0 spiro atoms. The van der Waals surface area contributed by atoms with E-state index < -0.39 is 187 Å². The third-order valence-corrected chi connectivity index (χ3v) is 11.3. The maximum Gasteiger partial charge on any atom is 1.00 e. The third kappa shape index (κ3) is 15.0. The predicted molar refractivity (Wildman–Crippen MR) is 178 cm³/mol. The summed E-state index contributed by atoms with van der Waals surface area (Å²) in [7, 11) is -8.20. The molecule has 0 aliphatic carbocycles. The molecular formula is C30H52Na2O26S2. The zero-order valence-electron chi connectivity index (χ0n) is 33.0. The summed E-state index contributed by atoms with van der Waals surface area (Å²) in [5.41, 5.74) is 0. The van der Waals surface area contributed by atoms with Gasteiger partial charge in [0.2, 0.25) is 0 Å². The van der Waals surface area contributed by atoms with Crippen molar-refractivity contribution < 1.29 is 183 Å². The molecule has 20 atom stereocenters. The van der Waals surface area contributed by atoms with Crippen LogP contribution in [0.3, 0.4) is 0 Å². The van der Waals surface area contributed by atoms with Gasteiger partial charge in [0, 0.05) is 13.0 Å². The SMILES string of the molecule is CO[C@H]1OC(CO)[C@@H](O[C@H]2OC(COCCS(=O)(=O)[O-])[C@@H](O[C@H]3OC(CO)[C@@H](O[C@H]4OC(COCCS(=O)(=O)[O-])[C@H](C)[C@@H](O)C4O)[C@@H](O)C3O)[C@@H](O)C2O)[C@@H](O)C1O.[Na+].[Na+]. The quantitative estimate of drug-likeness (QED) is 0.0326. The van der Waals surface area contributed by atoms with Crippen molar-refractivity contribution in [2.45, 2.75) is 124 Å². The Kier molecular flexibility index (Phi) is 24.0. The standard InChI is InChI=1S/C30H54O26S2.2Na/c1-11-14(9-48-3-5-57(41,42)43)52-28(20(37)16(11)33)54-25-13(8-32)51-29(22(39)18(25)35)56-26-15(10-49-4-6-58(44,45)46)53-30(23(40)19(26)36)55-24-12(7-31)50-27(47-2)21(38)17(24)34;;/h11-40H,3-10H2,1-2H3,(H,41,42,43)(H,44,45,46);;/q;2*+1/p-2/t11-,12?,13?,14?,15?,16+,17-,18-,19-,20?,21?,22?,23?,24+,25+,26+,27-,28+,29+,30+;;/m0../s1. The molecule has 0 aromatic heterocycles. The Bertz CT molecular complexity index is 1480. The molecule has 4 aliphatic heterocycles. The normalized spacial score (nSPS) is 42.8. The largest absolute Gasteiger partial charge is 1.00 e. The maximum absolute atomic E-state index is 11.3. The monoisotopic (exact) mass is 938 g/mol. The first-order valence-corrected chi connectivity index (χ1v) is 21.1. The van der Waals surface area contributed by atoms with Crippen LogP contribution in [0, 0.1) is 5.92 Å². The second-order valence-corrected chi connectivity index (χ2v) is 17.1. The number of aliphatic hydroxyl groups is 10. The van der Waals surface area contributed by atoms with Crippen LogP contribution in [0.4, 0.5) is 0 Å². The molecule has 0 saturated carbocycles. The van der Waals surface area contributed by atoms with Gasteiger partial charge in [0.1, 0.15) is 79.4 Å². The van der Waals surface area contributed by atoms with E-state index in [0.29, 0.717) is 0 Å². The molecule has 8 unspecified atom stereocenters. The van der Waals surface area contributed by atoms with Gasteiger partial charge in [-0.3, -0.25) is 0 Å². The minimum atomic E-state index is -4.75. The summed E-state index contributed by atoms with van der Waals surface area (Å²) in [6.07, 6.45) is -33.1. The van der Waals surface area contributed by atoms with Crippen LogP contribution in [0.1, 0.15) is 6.92 Å². The fraction of sp³-hybridized carbons (Fsp3) is 1.00. The third-order valence-electron chi connectivity index (χ3n) is 9.97. The van der Waals surface area contributed by atoms with E-state index >= 15 is 0 Å². The van der Waals surface area contributed by atoms with Gasteiger partial charge in [0.25, 0.3) is 0 Å². The average Bonchev–Trinajstić information content (AvgIpc) is 3.16. The minimum Gasteiger partial charge on any atom is -0.748 e. The molecule has 0 radical (unpaired) electrons. The topological polar surface area (TPSA) is 409 Å². The van der Waals surface area contributed by atoms with Crippen molar-refractivity contribution in [3.05, 3.63) is 0 Å². The molecule has 0 amide bonds. The van der Waals surface area contributed by atoms with Crippen molar-refractivity contribution in [2.75, 3.05) is 58.3 Å². The van der Waals surface area contributed by atoms with E-state index in [4.69, 9.17) is 47.4 Å². The zero-order valence-corrected chi connectivity index (χ0v) is 38.7. The van der Waals surface area contributed by atoms with Crippen LogP contribution in [0.15, 0.2) is 0 Å². The average molecular weight is 939 g/mol. The zero-order chi connectivity index (χ0) is 43.3. The van der Waals surface area contributed by atoms with Gasteiger partial charge in [0.05, 0.1) is 83.6 Å². The van der Waals surface area contributed by atoms with Crippen molar-refractivity contribution in [3.8, 4) is 0 Å². The number of rotatable bonds is 19. The van der Waals surface area contributed by atoms with Crippen molar-refractivity contribution in [1.29, 1.82) is 0 Å². The molecular weight excluding hydrogens is 886 g/mol. The van der Waals surface area contributed by atoms with Crippen LogP contribution < -0.4 is 59.1 Å². The Morgan fingerprint density at radius 2 is 0.817 bits per heavy atom. The molecule has 342 valence electrons. The molecule has 4 aliphatic rings. The first kappa shape index (κ1) is 57.1. The van der Waals surface area contributed by atoms with Gasteiger partial charge in [0.15, 0.2) is 25.2 Å². The van der Waals surface area contributed by atoms with Crippen LogP contribution in [0.2, 0.25) is 0 Å². The Morgan fingerprint density at radius 1 is 0.500 bits per heavy atom. The van der Waals surface area contributed by atoms with Gasteiger partial charge in [-0.25, -0.2) is 16.8 Å². The van der Waals surface area contributed by atoms with Gasteiger partial charge in [-0.05, 0) is 0 Å². The van der Waals surface area contributed by atoms with Crippen LogP contribution in [0.25, 0.3) is 0 Å². The molecule has 4 fully saturated rings. The van der Waals surface area contributed by atoms with E-state index in [2.05, 4.69) is 0 Å². The Labute approximate surface area is 388 Å². The molecule has 26 nitrogen and oxygen atoms in total. The first-order chi connectivity index (χ1) is 27.1. The molecule has 30 heteroatoms. The van der Waals surface area contributed by atoms with Crippen molar-refractivity contribution >= 4 is 20.2 Å². The summed E-state index contributed by atoms with van der Waals surface area (Å²) in [5, 5.41) is 107. The first-order valence-electron chi connectivity index (χ1n) is 17.9. The van der Waals surface area contributed by atoms with Crippen LogP contribution >= 0.6 is 0 Å². The number of hydrogen-bond acceptors (Lipinski definition) is 26. The van der Waals surface area contributed by atoms with Crippen molar-refractivity contribution in [3.63, 3.8) is 0 Å². The summed E-state index contributed by atoms with van der Waals surface area (Å²) < 4.78 is 121. The Hall–Kier alpha value is 1.02. The van der Waals surface area contributed by atoms with E-state index in [-0.39, 0.29) is 65.7 Å². The van der Waals surface area contributed by atoms with E-state index in [1.807, 2.05) is 0 Å². The fourth-order valence-electron chi connectivity index (χ4n) is 6.63. The smallest absolute Gasteiger partial charge is 0.748 e. The van der Waals surface area contributed by atoms with Gasteiger partial charge >= 0.3 is 59.1 Å². The predicted octanol–water partition coefficient (Wildman–Crippen LogP) is -14.7. The molecule has 10 N–H and O–H groups in total. The molecule has 60 heavy (non-hydrogen) atoms. The van der Waals surface area contributed by atoms with Gasteiger partial charge in [-0.1, -0.05) is 6.92 Å². The molecule has 0 aromatic carbocycles. The summed E-state index contributed by atoms with van der Waals surface area (Å²) in [6, 6.07) is 0. The van der Waals surface area contributed by atoms with E-state index in [1.54, 1.807) is 0 Å². The maximum atomic E-state index is 11.3. The van der Waals surface area contributed by atoms with Crippen LogP contribution in [-0.4, -0.2) is 252 Å². The van der Waals surface area contributed by atoms with E-state index in [9.17, 15) is 77.0 Å². The molecule has 4 saturated heterocycles. The summed E-state index contributed by atoms with van der Waals surface area (Å²) >= 11 is 0. The summed E-state index contributed by atoms with van der Waals surface area (Å²) in [5.74, 6) is -2.68. The van der Waals surface area contributed by atoms with Crippen LogP contribution in [0.5, 0.6) is 0 Å². The van der Waals surface area contributed by atoms with Crippen LogP contribution in [-0.2, 0) is 67.6 Å². The van der Waals surface area contributed by atoms with Gasteiger partial charge < -0.3 is 108 Å². The van der Waals surface area contributed by atoms with Gasteiger partial charge in [-0.15, -0.1) is 0 Å². The van der Waals surface area contributed by atoms with E-state index in [1.165, 1.54) is 6.92 Å². The molecule has 0 aromatic rings. The number of aliphatic hydroxyl groups excluding tert-OH is 10. The molecule has 4 heterocycles. The number of hydrogen-bond donors (Lipinski definition) is 10. The summed E-state index contributed by atoms with van der Waals surface area (Å²) in [6.45, 7) is -2.58. The van der Waals surface area contributed by atoms with E-state index in [0.717, 1.165) is 7.11 Å². The van der Waals surface area contributed by atoms with Crippen molar-refractivity contribution in [2.24, 2.45) is 5.92 Å². The second-order valence-electron chi connectivity index (χ2n) is 14.0. The fourth-order valence-corrected chi connectivity index (χ4v) is 7.27.